The average Bonchev–Trinajstić information content (AvgIpc) is 3.62. The normalized spacial score (nSPS) is 14.2. The molecule has 0 spiro atoms. The first-order chi connectivity index (χ1) is 19.2. The zero-order valence-electron chi connectivity index (χ0n) is 21.2. The molecule has 7 rings (SSSR count). The number of carbonyl (C=O) groups excluding carboxylic acids is 1. The summed E-state index contributed by atoms with van der Waals surface area (Å²) in [5.74, 6) is 0.826. The number of H-pyrrole nitrogens is 2. The molecule has 3 N–H and O–H groups in total. The Morgan fingerprint density at radius 3 is 2.69 bits per heavy atom. The molecule has 9 nitrogen and oxygen atoms in total. The van der Waals surface area contributed by atoms with Gasteiger partial charge in [-0.25, -0.2) is 9.97 Å². The Bertz CT molecular complexity index is 1800. The highest BCUT2D eigenvalue weighted by atomic mass is 16.1. The molecule has 0 atom stereocenters. The van der Waals surface area contributed by atoms with Crippen molar-refractivity contribution in [2.24, 2.45) is 5.92 Å². The first-order valence-corrected chi connectivity index (χ1v) is 13.2. The van der Waals surface area contributed by atoms with E-state index < -0.39 is 0 Å². The van der Waals surface area contributed by atoms with Crippen LogP contribution in [0.25, 0.3) is 56.0 Å². The van der Waals surface area contributed by atoms with Crippen molar-refractivity contribution in [2.75, 3.05) is 5.32 Å². The second-order valence-corrected chi connectivity index (χ2v) is 9.98. The Labute approximate surface area is 224 Å². The van der Waals surface area contributed by atoms with Gasteiger partial charge in [0.25, 0.3) is 0 Å². The summed E-state index contributed by atoms with van der Waals surface area (Å²) in [4.78, 5) is 34.6. The fourth-order valence-electron chi connectivity index (χ4n) is 5.39. The van der Waals surface area contributed by atoms with E-state index in [1.165, 1.54) is 6.42 Å². The van der Waals surface area contributed by atoms with Crippen molar-refractivity contribution in [1.29, 1.82) is 0 Å². The highest BCUT2D eigenvalue weighted by molar-refractivity contribution is 5.97. The molecule has 1 fully saturated rings. The molecule has 5 heterocycles. The summed E-state index contributed by atoms with van der Waals surface area (Å²) < 4.78 is 0. The second kappa shape index (κ2) is 9.75. The number of rotatable bonds is 5. The van der Waals surface area contributed by atoms with Gasteiger partial charge in [-0.1, -0.05) is 37.5 Å². The number of hydrogen-bond acceptors (Lipinski definition) is 6. The van der Waals surface area contributed by atoms with Gasteiger partial charge in [-0.15, -0.1) is 0 Å². The minimum atomic E-state index is 0.0781. The summed E-state index contributed by atoms with van der Waals surface area (Å²) in [6, 6.07) is 15.8. The first-order valence-electron chi connectivity index (χ1n) is 13.2. The minimum absolute atomic E-state index is 0.0781. The van der Waals surface area contributed by atoms with E-state index >= 15 is 0 Å². The molecular formula is C30H26N8O. The number of para-hydroxylation sites is 1. The first kappa shape index (κ1) is 23.2. The largest absolute Gasteiger partial charge is 0.337 e. The van der Waals surface area contributed by atoms with Crippen LogP contribution >= 0.6 is 0 Å². The Morgan fingerprint density at radius 1 is 0.923 bits per heavy atom. The van der Waals surface area contributed by atoms with Gasteiger partial charge in [0, 0.05) is 41.2 Å². The number of fused-ring (bicyclic) bond motifs is 2. The molecule has 1 aliphatic carbocycles. The summed E-state index contributed by atoms with van der Waals surface area (Å²) in [6.07, 6.45) is 12.4. The fourth-order valence-corrected chi connectivity index (χ4v) is 5.39. The summed E-state index contributed by atoms with van der Waals surface area (Å²) in [5.41, 5.74) is 7.32. The van der Waals surface area contributed by atoms with Crippen LogP contribution in [-0.4, -0.2) is 41.0 Å². The number of pyridine rings is 3. The van der Waals surface area contributed by atoms with Gasteiger partial charge in [0.1, 0.15) is 5.69 Å². The lowest BCUT2D eigenvalue weighted by Crippen LogP contribution is -2.24. The number of aromatic nitrogens is 7. The van der Waals surface area contributed by atoms with Crippen LogP contribution in [0, 0.1) is 5.92 Å². The zero-order chi connectivity index (χ0) is 26.2. The number of nitrogens with one attached hydrogen (secondary N) is 3. The van der Waals surface area contributed by atoms with E-state index in [0.29, 0.717) is 17.2 Å². The van der Waals surface area contributed by atoms with E-state index in [4.69, 9.17) is 4.98 Å². The fraction of sp³-hybridized carbons (Fsp3) is 0.200. The molecule has 0 saturated heterocycles. The lowest BCUT2D eigenvalue weighted by atomic mass is 9.88. The molecule has 6 aromatic rings. The van der Waals surface area contributed by atoms with Crippen LogP contribution in [0.4, 0.5) is 5.69 Å². The predicted octanol–water partition coefficient (Wildman–Crippen LogP) is 6.14. The van der Waals surface area contributed by atoms with Crippen molar-refractivity contribution < 1.29 is 4.79 Å². The second-order valence-electron chi connectivity index (χ2n) is 9.98. The standard InChI is InChI=1S/C30H26N8O/c39-30(18-7-2-1-3-8-18)34-21-13-19(15-31-17-21)20-14-23-27(37-38-28(23)33-16-20)29-35-25-11-6-9-22(26(25)36-29)24-10-4-5-12-32-24/h4-6,9-18H,1-3,7-8H2,(H,34,39)(H,35,36)(H,33,37,38). The summed E-state index contributed by atoms with van der Waals surface area (Å²) in [6.45, 7) is 0. The van der Waals surface area contributed by atoms with Crippen molar-refractivity contribution in [2.45, 2.75) is 32.1 Å². The van der Waals surface area contributed by atoms with E-state index in [1.54, 1.807) is 24.8 Å². The van der Waals surface area contributed by atoms with Crippen LogP contribution in [0.5, 0.6) is 0 Å². The predicted molar refractivity (Wildman–Crippen MR) is 151 cm³/mol. The molecule has 192 valence electrons. The van der Waals surface area contributed by atoms with Crippen molar-refractivity contribution in [3.8, 4) is 33.9 Å². The number of nitrogens with zero attached hydrogens (tertiary/aromatic N) is 5. The Hall–Kier alpha value is -4.92. The van der Waals surface area contributed by atoms with E-state index in [9.17, 15) is 4.79 Å². The third kappa shape index (κ3) is 4.41. The maximum Gasteiger partial charge on any atom is 0.227 e. The van der Waals surface area contributed by atoms with Crippen LogP contribution in [-0.2, 0) is 4.79 Å². The third-order valence-corrected chi connectivity index (χ3v) is 7.42. The molecule has 0 unspecified atom stereocenters. The number of benzene rings is 1. The van der Waals surface area contributed by atoms with Gasteiger partial charge in [0.05, 0.1) is 34.0 Å². The minimum Gasteiger partial charge on any atom is -0.337 e. The number of aromatic amines is 2. The van der Waals surface area contributed by atoms with E-state index in [2.05, 4.69) is 35.5 Å². The van der Waals surface area contributed by atoms with Crippen molar-refractivity contribution in [1.82, 2.24) is 35.1 Å². The van der Waals surface area contributed by atoms with Crippen LogP contribution in [0.3, 0.4) is 0 Å². The molecule has 0 bridgehead atoms. The highest BCUT2D eigenvalue weighted by Gasteiger charge is 2.21. The van der Waals surface area contributed by atoms with E-state index in [-0.39, 0.29) is 11.8 Å². The topological polar surface area (TPSA) is 125 Å². The molecule has 1 amide bonds. The molecule has 5 aromatic heterocycles. The molecule has 0 radical (unpaired) electrons. The van der Waals surface area contributed by atoms with Crippen molar-refractivity contribution in [3.05, 3.63) is 73.3 Å². The zero-order valence-corrected chi connectivity index (χ0v) is 21.2. The van der Waals surface area contributed by atoms with E-state index in [1.807, 2.05) is 48.5 Å². The van der Waals surface area contributed by atoms with Gasteiger partial charge in [-0.2, -0.15) is 5.10 Å². The Morgan fingerprint density at radius 2 is 1.82 bits per heavy atom. The number of hydrogen-bond donors (Lipinski definition) is 3. The van der Waals surface area contributed by atoms with Crippen LogP contribution in [0.15, 0.2) is 73.3 Å². The lowest BCUT2D eigenvalue weighted by Gasteiger charge is -2.20. The third-order valence-electron chi connectivity index (χ3n) is 7.42. The smallest absolute Gasteiger partial charge is 0.227 e. The number of amides is 1. The lowest BCUT2D eigenvalue weighted by molar-refractivity contribution is -0.120. The monoisotopic (exact) mass is 514 g/mol. The van der Waals surface area contributed by atoms with Gasteiger partial charge in [-0.05, 0) is 43.2 Å². The van der Waals surface area contributed by atoms with Crippen molar-refractivity contribution in [3.63, 3.8) is 0 Å². The SMILES string of the molecule is O=C(Nc1cncc(-c2cnc3n[nH]c(-c4nc5c(-c6ccccn6)cccc5[nH]4)c3c2)c1)C1CCCCC1. The molecule has 1 aliphatic rings. The number of imidazole rings is 1. The van der Waals surface area contributed by atoms with Crippen LogP contribution < -0.4 is 5.32 Å². The van der Waals surface area contributed by atoms with Gasteiger partial charge < -0.3 is 10.3 Å². The highest BCUT2D eigenvalue weighted by Crippen LogP contribution is 2.32. The molecule has 9 heteroatoms. The number of carbonyl (C=O) groups is 1. The van der Waals surface area contributed by atoms with Gasteiger partial charge in [0.15, 0.2) is 11.5 Å². The van der Waals surface area contributed by atoms with Crippen molar-refractivity contribution >= 4 is 33.7 Å². The van der Waals surface area contributed by atoms with Crippen LogP contribution in [0.2, 0.25) is 0 Å². The van der Waals surface area contributed by atoms with Crippen LogP contribution in [0.1, 0.15) is 32.1 Å². The van der Waals surface area contributed by atoms with Gasteiger partial charge >= 0.3 is 0 Å². The van der Waals surface area contributed by atoms with Gasteiger partial charge in [-0.3, -0.25) is 19.9 Å². The summed E-state index contributed by atoms with van der Waals surface area (Å²) >= 11 is 0. The Balaban J connectivity index is 1.23. The van der Waals surface area contributed by atoms with Gasteiger partial charge in [0.2, 0.25) is 5.91 Å². The quantitative estimate of drug-likeness (QED) is 0.254. The average molecular weight is 515 g/mol. The molecule has 1 aromatic carbocycles. The Kier molecular flexibility index (Phi) is 5.81. The van der Waals surface area contributed by atoms with E-state index in [0.717, 1.165) is 70.2 Å². The number of anilines is 1. The molecule has 0 aliphatic heterocycles. The summed E-state index contributed by atoms with van der Waals surface area (Å²) in [7, 11) is 0. The summed E-state index contributed by atoms with van der Waals surface area (Å²) in [5, 5.41) is 11.4. The maximum absolute atomic E-state index is 12.8. The maximum atomic E-state index is 12.8. The molecule has 1 saturated carbocycles. The molecular weight excluding hydrogens is 488 g/mol. The molecule has 39 heavy (non-hydrogen) atoms.